The van der Waals surface area contributed by atoms with E-state index in [9.17, 15) is 18.0 Å². The van der Waals surface area contributed by atoms with E-state index in [1.165, 1.54) is 6.92 Å². The molecule has 0 saturated heterocycles. The van der Waals surface area contributed by atoms with Gasteiger partial charge < -0.3 is 4.74 Å². The van der Waals surface area contributed by atoms with Gasteiger partial charge in [-0.3, -0.25) is 4.79 Å². The van der Waals surface area contributed by atoms with Crippen LogP contribution in [0.4, 0.5) is 13.2 Å². The lowest BCUT2D eigenvalue weighted by Gasteiger charge is -2.20. The van der Waals surface area contributed by atoms with E-state index in [0.29, 0.717) is 0 Å². The summed E-state index contributed by atoms with van der Waals surface area (Å²) in [6, 6.07) is -1.87. The Bertz CT molecular complexity index is 273. The van der Waals surface area contributed by atoms with Crippen LogP contribution in [0, 0.1) is 5.92 Å². The molecule has 0 bridgehead atoms. The number of hydrogen-bond donors (Lipinski definition) is 0. The van der Waals surface area contributed by atoms with Crippen molar-refractivity contribution >= 4 is 5.97 Å². The second-order valence-electron chi connectivity index (χ2n) is 2.73. The minimum Gasteiger partial charge on any atom is -0.466 e. The summed E-state index contributed by atoms with van der Waals surface area (Å²) in [5.41, 5.74) is 8.05. The number of hydrogen-bond acceptors (Lipinski definition) is 3. The number of carbonyl (C=O) groups excluding carboxylic acids is 1. The fraction of sp³-hybridized carbons (Fsp3) is 0.857. The largest absolute Gasteiger partial charge is 0.466 e. The van der Waals surface area contributed by atoms with Crippen LogP contribution in [0.25, 0.3) is 10.4 Å². The molecule has 0 aliphatic carbocycles. The average molecular weight is 225 g/mol. The number of rotatable bonds is 4. The highest BCUT2D eigenvalue weighted by molar-refractivity contribution is 5.76. The van der Waals surface area contributed by atoms with Crippen molar-refractivity contribution < 1.29 is 22.7 Å². The van der Waals surface area contributed by atoms with Crippen molar-refractivity contribution in [3.63, 3.8) is 0 Å². The molecular weight excluding hydrogens is 215 g/mol. The smallest absolute Gasteiger partial charge is 0.392 e. The zero-order valence-electron chi connectivity index (χ0n) is 8.15. The van der Waals surface area contributed by atoms with E-state index in [2.05, 4.69) is 14.8 Å². The quantitative estimate of drug-likeness (QED) is 0.319. The van der Waals surface area contributed by atoms with E-state index >= 15 is 0 Å². The van der Waals surface area contributed by atoms with Gasteiger partial charge in [0, 0.05) is 4.91 Å². The average Bonchev–Trinajstić information content (AvgIpc) is 2.12. The maximum absolute atomic E-state index is 12.2. The third-order valence-corrected chi connectivity index (χ3v) is 1.69. The molecule has 2 atom stereocenters. The Morgan fingerprint density at radius 1 is 1.60 bits per heavy atom. The van der Waals surface area contributed by atoms with E-state index in [0.717, 1.165) is 6.92 Å². The van der Waals surface area contributed by atoms with E-state index in [4.69, 9.17) is 5.53 Å². The molecule has 0 radical (unpaired) electrons. The lowest BCUT2D eigenvalue weighted by atomic mass is 10.0. The van der Waals surface area contributed by atoms with Gasteiger partial charge in [-0.2, -0.15) is 13.2 Å². The number of nitrogens with zero attached hydrogens (tertiary/aromatic N) is 3. The minimum atomic E-state index is -4.61. The Labute approximate surface area is 83.8 Å². The van der Waals surface area contributed by atoms with Crippen LogP contribution >= 0.6 is 0 Å². The molecule has 0 aliphatic heterocycles. The first-order chi connectivity index (χ1) is 6.84. The highest BCUT2D eigenvalue weighted by Crippen LogP contribution is 2.30. The molecule has 15 heavy (non-hydrogen) atoms. The van der Waals surface area contributed by atoms with Gasteiger partial charge in [0.2, 0.25) is 0 Å². The normalized spacial score (nSPS) is 15.0. The first kappa shape index (κ1) is 13.6. The Morgan fingerprint density at radius 3 is 2.47 bits per heavy atom. The van der Waals surface area contributed by atoms with Crippen LogP contribution in [0.15, 0.2) is 5.11 Å². The maximum Gasteiger partial charge on any atom is 0.392 e. The molecular formula is C7H10F3N3O2. The summed E-state index contributed by atoms with van der Waals surface area (Å²) < 4.78 is 41.1. The van der Waals surface area contributed by atoms with Crippen LogP contribution < -0.4 is 0 Å². The molecule has 0 heterocycles. The topological polar surface area (TPSA) is 75.1 Å². The molecule has 0 amide bonds. The second-order valence-corrected chi connectivity index (χ2v) is 2.73. The Kier molecular flexibility index (Phi) is 4.93. The molecule has 2 unspecified atom stereocenters. The van der Waals surface area contributed by atoms with Crippen LogP contribution in [-0.4, -0.2) is 24.8 Å². The van der Waals surface area contributed by atoms with Crippen molar-refractivity contribution in [1.29, 1.82) is 0 Å². The maximum atomic E-state index is 12.2. The molecule has 0 saturated carbocycles. The molecule has 0 aromatic carbocycles. The van der Waals surface area contributed by atoms with Crippen molar-refractivity contribution in [2.75, 3.05) is 6.61 Å². The summed E-state index contributed by atoms with van der Waals surface area (Å²) in [5, 5.41) is 2.80. The predicted octanol–water partition coefficient (Wildman–Crippen LogP) is 2.43. The van der Waals surface area contributed by atoms with Crippen molar-refractivity contribution in [2.24, 2.45) is 11.0 Å². The van der Waals surface area contributed by atoms with Crippen molar-refractivity contribution in [3.8, 4) is 0 Å². The minimum absolute atomic E-state index is 0.0686. The SMILES string of the molecule is CCOC(=O)C(N=[N+]=[N-])C(C)C(F)(F)F. The van der Waals surface area contributed by atoms with Crippen LogP contribution in [0.5, 0.6) is 0 Å². The number of azide groups is 1. The fourth-order valence-corrected chi connectivity index (χ4v) is 0.814. The number of esters is 1. The third-order valence-electron chi connectivity index (χ3n) is 1.69. The highest BCUT2D eigenvalue weighted by atomic mass is 19.4. The summed E-state index contributed by atoms with van der Waals surface area (Å²) in [5.74, 6) is -3.23. The van der Waals surface area contributed by atoms with Gasteiger partial charge in [0.05, 0.1) is 12.5 Å². The van der Waals surface area contributed by atoms with Gasteiger partial charge in [-0.05, 0) is 12.5 Å². The Balaban J connectivity index is 4.81. The fourth-order valence-electron chi connectivity index (χ4n) is 0.814. The number of alkyl halides is 3. The zero-order valence-corrected chi connectivity index (χ0v) is 8.15. The van der Waals surface area contributed by atoms with E-state index in [1.807, 2.05) is 0 Å². The van der Waals surface area contributed by atoms with E-state index in [1.54, 1.807) is 0 Å². The molecule has 0 aromatic rings. The first-order valence-corrected chi connectivity index (χ1v) is 4.12. The number of halogens is 3. The zero-order chi connectivity index (χ0) is 12.1. The molecule has 5 nitrogen and oxygen atoms in total. The van der Waals surface area contributed by atoms with Crippen LogP contribution in [0.1, 0.15) is 13.8 Å². The predicted molar refractivity (Wildman–Crippen MR) is 44.8 cm³/mol. The standard InChI is InChI=1S/C7H10F3N3O2/c1-3-15-6(14)5(12-13-11)4(2)7(8,9)10/h4-5H,3H2,1-2H3. The van der Waals surface area contributed by atoms with Gasteiger partial charge in [0.25, 0.3) is 0 Å². The number of ether oxygens (including phenoxy) is 1. The monoisotopic (exact) mass is 225 g/mol. The van der Waals surface area contributed by atoms with E-state index in [-0.39, 0.29) is 6.61 Å². The lowest BCUT2D eigenvalue weighted by molar-refractivity contribution is -0.184. The molecule has 0 fully saturated rings. The molecule has 86 valence electrons. The van der Waals surface area contributed by atoms with Crippen molar-refractivity contribution in [2.45, 2.75) is 26.1 Å². The summed E-state index contributed by atoms with van der Waals surface area (Å²) in [6.07, 6.45) is -4.61. The van der Waals surface area contributed by atoms with E-state index < -0.39 is 24.1 Å². The molecule has 0 N–H and O–H groups in total. The third kappa shape index (κ3) is 4.07. The van der Waals surface area contributed by atoms with Gasteiger partial charge >= 0.3 is 12.1 Å². The second kappa shape index (κ2) is 5.45. The van der Waals surface area contributed by atoms with Gasteiger partial charge in [0.1, 0.15) is 6.04 Å². The Hall–Kier alpha value is -1.43. The Morgan fingerprint density at radius 2 is 2.13 bits per heavy atom. The van der Waals surface area contributed by atoms with Crippen molar-refractivity contribution in [3.05, 3.63) is 10.4 Å². The summed E-state index contributed by atoms with van der Waals surface area (Å²) in [4.78, 5) is 13.2. The van der Waals surface area contributed by atoms with Crippen molar-refractivity contribution in [1.82, 2.24) is 0 Å². The molecule has 0 rings (SSSR count). The van der Waals surface area contributed by atoms with Crippen LogP contribution in [-0.2, 0) is 9.53 Å². The van der Waals surface area contributed by atoms with Gasteiger partial charge in [-0.25, -0.2) is 0 Å². The lowest BCUT2D eigenvalue weighted by Crippen LogP contribution is -2.36. The summed E-state index contributed by atoms with van der Waals surface area (Å²) >= 11 is 0. The van der Waals surface area contributed by atoms with Gasteiger partial charge in [0.15, 0.2) is 0 Å². The van der Waals surface area contributed by atoms with Gasteiger partial charge in [-0.1, -0.05) is 12.0 Å². The molecule has 0 spiro atoms. The van der Waals surface area contributed by atoms with Gasteiger partial charge in [-0.15, -0.1) is 0 Å². The first-order valence-electron chi connectivity index (χ1n) is 4.12. The van der Waals surface area contributed by atoms with Crippen LogP contribution in [0.3, 0.4) is 0 Å². The molecule has 0 aromatic heterocycles. The number of carbonyl (C=O) groups is 1. The highest BCUT2D eigenvalue weighted by Gasteiger charge is 2.44. The molecule has 0 aliphatic rings. The van der Waals surface area contributed by atoms with Crippen LogP contribution in [0.2, 0.25) is 0 Å². The molecule has 8 heteroatoms. The summed E-state index contributed by atoms with van der Waals surface area (Å²) in [7, 11) is 0. The summed E-state index contributed by atoms with van der Waals surface area (Å²) in [6.45, 7) is 2.14.